The van der Waals surface area contributed by atoms with Crippen LogP contribution in [0.1, 0.15) is 29.9 Å². The maximum atomic E-state index is 12.6. The first-order valence-electron chi connectivity index (χ1n) is 9.81. The van der Waals surface area contributed by atoms with Gasteiger partial charge in [-0.2, -0.15) is 0 Å². The van der Waals surface area contributed by atoms with E-state index in [0.29, 0.717) is 5.82 Å². The smallest absolute Gasteiger partial charge is 0.275 e. The van der Waals surface area contributed by atoms with E-state index in [2.05, 4.69) is 40.1 Å². The van der Waals surface area contributed by atoms with E-state index in [4.69, 9.17) is 0 Å². The van der Waals surface area contributed by atoms with Gasteiger partial charge in [-0.3, -0.25) is 4.79 Å². The summed E-state index contributed by atoms with van der Waals surface area (Å²) in [6.07, 6.45) is 3.11. The Bertz CT molecular complexity index is 953. The molecule has 0 atom stereocenters. The van der Waals surface area contributed by atoms with Gasteiger partial charge >= 0.3 is 0 Å². The topological polar surface area (TPSA) is 61.4 Å². The Morgan fingerprint density at radius 2 is 1.69 bits per heavy atom. The molecule has 0 radical (unpaired) electrons. The maximum absolute atomic E-state index is 12.6. The second-order valence-electron chi connectivity index (χ2n) is 6.78. The number of carbonyl (C=O) groups is 1. The van der Waals surface area contributed by atoms with Crippen LogP contribution >= 0.6 is 0 Å². The Labute approximate surface area is 172 Å². The summed E-state index contributed by atoms with van der Waals surface area (Å²) in [5.74, 6) is 0.401. The molecule has 0 spiro atoms. The molecule has 150 valence electrons. The summed E-state index contributed by atoms with van der Waals surface area (Å²) in [4.78, 5) is 25.5. The quantitative estimate of drug-likeness (QED) is 0.637. The molecule has 3 rings (SSSR count). The highest BCUT2D eigenvalue weighted by Gasteiger charge is 2.13. The summed E-state index contributed by atoms with van der Waals surface area (Å²) < 4.78 is 0. The van der Waals surface area contributed by atoms with Gasteiger partial charge in [-0.1, -0.05) is 18.2 Å². The molecule has 0 aliphatic rings. The predicted octanol–water partition coefficient (Wildman–Crippen LogP) is 4.65. The summed E-state index contributed by atoms with van der Waals surface area (Å²) in [5.41, 5.74) is 4.22. The van der Waals surface area contributed by atoms with Crippen LogP contribution in [0, 0.1) is 6.92 Å². The van der Waals surface area contributed by atoms with E-state index < -0.39 is 0 Å². The lowest BCUT2D eigenvalue weighted by atomic mass is 10.1. The standard InChI is InChI=1S/C23H27N5O/c1-5-28(6-2)19-12-13-20(17(3)14-19)26-23(29)21-15-25-22(16-24-21)27(4)18-10-8-7-9-11-18/h7-16H,5-6H2,1-4H3,(H,26,29). The van der Waals surface area contributed by atoms with Crippen molar-refractivity contribution in [2.45, 2.75) is 20.8 Å². The molecule has 29 heavy (non-hydrogen) atoms. The van der Waals surface area contributed by atoms with Gasteiger partial charge in [0, 0.05) is 37.2 Å². The molecule has 3 aromatic rings. The largest absolute Gasteiger partial charge is 0.372 e. The van der Waals surface area contributed by atoms with Crippen molar-refractivity contribution >= 4 is 28.8 Å². The molecule has 1 N–H and O–H groups in total. The minimum atomic E-state index is -0.273. The Hall–Kier alpha value is -3.41. The zero-order valence-electron chi connectivity index (χ0n) is 17.4. The molecule has 2 aromatic carbocycles. The van der Waals surface area contributed by atoms with Crippen molar-refractivity contribution in [1.29, 1.82) is 0 Å². The highest BCUT2D eigenvalue weighted by molar-refractivity contribution is 6.03. The van der Waals surface area contributed by atoms with Crippen molar-refractivity contribution in [2.24, 2.45) is 0 Å². The molecule has 6 heteroatoms. The number of aryl methyl sites for hydroxylation is 1. The minimum absolute atomic E-state index is 0.273. The van der Waals surface area contributed by atoms with Crippen LogP contribution in [-0.2, 0) is 0 Å². The fraction of sp³-hybridized carbons (Fsp3) is 0.261. The lowest BCUT2D eigenvalue weighted by Crippen LogP contribution is -2.22. The number of aromatic nitrogens is 2. The van der Waals surface area contributed by atoms with Gasteiger partial charge < -0.3 is 15.1 Å². The third kappa shape index (κ3) is 4.71. The van der Waals surface area contributed by atoms with Gasteiger partial charge in [0.2, 0.25) is 0 Å². The SMILES string of the molecule is CCN(CC)c1ccc(NC(=O)c2cnc(N(C)c3ccccc3)cn2)c(C)c1. The summed E-state index contributed by atoms with van der Waals surface area (Å²) in [5, 5.41) is 2.94. The van der Waals surface area contributed by atoms with Crippen LogP contribution in [0.4, 0.5) is 22.9 Å². The number of nitrogens with zero attached hydrogens (tertiary/aromatic N) is 4. The van der Waals surface area contributed by atoms with E-state index >= 15 is 0 Å². The van der Waals surface area contributed by atoms with Crippen LogP contribution < -0.4 is 15.1 Å². The van der Waals surface area contributed by atoms with Gasteiger partial charge in [0.1, 0.15) is 5.69 Å². The van der Waals surface area contributed by atoms with Crippen molar-refractivity contribution in [1.82, 2.24) is 9.97 Å². The average molecular weight is 390 g/mol. The third-order valence-corrected chi connectivity index (χ3v) is 4.94. The Kier molecular flexibility index (Phi) is 6.44. The van der Waals surface area contributed by atoms with E-state index in [1.807, 2.05) is 61.3 Å². The van der Waals surface area contributed by atoms with Gasteiger partial charge in [0.15, 0.2) is 5.82 Å². The number of anilines is 4. The molecule has 6 nitrogen and oxygen atoms in total. The normalized spacial score (nSPS) is 10.5. The lowest BCUT2D eigenvalue weighted by Gasteiger charge is -2.22. The number of hydrogen-bond acceptors (Lipinski definition) is 5. The van der Waals surface area contributed by atoms with Gasteiger partial charge in [0.25, 0.3) is 5.91 Å². The Balaban J connectivity index is 1.71. The molecule has 0 fully saturated rings. The fourth-order valence-corrected chi connectivity index (χ4v) is 3.16. The number of benzene rings is 2. The highest BCUT2D eigenvalue weighted by Crippen LogP contribution is 2.23. The van der Waals surface area contributed by atoms with Gasteiger partial charge in [-0.15, -0.1) is 0 Å². The molecule has 1 amide bonds. The van der Waals surface area contributed by atoms with E-state index in [1.165, 1.54) is 6.20 Å². The van der Waals surface area contributed by atoms with Crippen molar-refractivity contribution in [3.63, 3.8) is 0 Å². The third-order valence-electron chi connectivity index (χ3n) is 4.94. The number of amides is 1. The van der Waals surface area contributed by atoms with E-state index in [9.17, 15) is 4.79 Å². The van der Waals surface area contributed by atoms with Crippen molar-refractivity contribution in [3.8, 4) is 0 Å². The average Bonchev–Trinajstić information content (AvgIpc) is 2.76. The van der Waals surface area contributed by atoms with Crippen molar-refractivity contribution < 1.29 is 4.79 Å². The number of hydrogen-bond donors (Lipinski definition) is 1. The van der Waals surface area contributed by atoms with E-state index in [0.717, 1.165) is 35.7 Å². The van der Waals surface area contributed by atoms with Crippen molar-refractivity contribution in [3.05, 3.63) is 72.2 Å². The number of rotatable bonds is 7. The molecule has 0 aliphatic carbocycles. The molecule has 0 unspecified atom stereocenters. The van der Waals surface area contributed by atoms with Crippen molar-refractivity contribution in [2.75, 3.05) is 35.3 Å². The molecule has 0 saturated carbocycles. The Morgan fingerprint density at radius 1 is 0.966 bits per heavy atom. The summed E-state index contributed by atoms with van der Waals surface area (Å²) in [6.45, 7) is 8.15. The number of nitrogens with one attached hydrogen (secondary N) is 1. The molecule has 0 bridgehead atoms. The van der Waals surface area contributed by atoms with Crippen LogP contribution in [0.25, 0.3) is 0 Å². The van der Waals surface area contributed by atoms with E-state index in [1.54, 1.807) is 6.20 Å². The lowest BCUT2D eigenvalue weighted by molar-refractivity contribution is 0.102. The van der Waals surface area contributed by atoms with Gasteiger partial charge in [-0.05, 0) is 56.7 Å². The summed E-state index contributed by atoms with van der Waals surface area (Å²) >= 11 is 0. The number of para-hydroxylation sites is 1. The first-order chi connectivity index (χ1) is 14.0. The first-order valence-corrected chi connectivity index (χ1v) is 9.81. The second-order valence-corrected chi connectivity index (χ2v) is 6.78. The monoisotopic (exact) mass is 389 g/mol. The molecular formula is C23H27N5O. The van der Waals surface area contributed by atoms with Gasteiger partial charge in [0.05, 0.1) is 12.4 Å². The zero-order chi connectivity index (χ0) is 20.8. The van der Waals surface area contributed by atoms with Crippen LogP contribution in [0.3, 0.4) is 0 Å². The molecule has 0 saturated heterocycles. The predicted molar refractivity (Wildman–Crippen MR) is 119 cm³/mol. The van der Waals surface area contributed by atoms with Crippen LogP contribution in [0.15, 0.2) is 60.9 Å². The minimum Gasteiger partial charge on any atom is -0.372 e. The zero-order valence-corrected chi connectivity index (χ0v) is 17.4. The van der Waals surface area contributed by atoms with Crippen LogP contribution in [-0.4, -0.2) is 36.0 Å². The molecule has 0 aliphatic heterocycles. The maximum Gasteiger partial charge on any atom is 0.275 e. The summed E-state index contributed by atoms with van der Waals surface area (Å²) in [6, 6.07) is 15.9. The fourth-order valence-electron chi connectivity index (χ4n) is 3.16. The Morgan fingerprint density at radius 3 is 2.28 bits per heavy atom. The number of carbonyl (C=O) groups excluding carboxylic acids is 1. The first kappa shape index (κ1) is 20.3. The van der Waals surface area contributed by atoms with Crippen LogP contribution in [0.5, 0.6) is 0 Å². The second kappa shape index (κ2) is 9.19. The highest BCUT2D eigenvalue weighted by atomic mass is 16.1. The van der Waals surface area contributed by atoms with Crippen LogP contribution in [0.2, 0.25) is 0 Å². The summed E-state index contributed by atoms with van der Waals surface area (Å²) in [7, 11) is 1.92. The molecule has 1 heterocycles. The molecular weight excluding hydrogens is 362 g/mol. The van der Waals surface area contributed by atoms with E-state index in [-0.39, 0.29) is 11.6 Å². The molecule has 1 aromatic heterocycles. The van der Waals surface area contributed by atoms with Gasteiger partial charge in [-0.25, -0.2) is 9.97 Å².